The third-order valence-electron chi connectivity index (χ3n) is 2.37. The Balaban J connectivity index is 0.000000845. The Bertz CT molecular complexity index is 336. The number of rotatable bonds is 1. The van der Waals surface area contributed by atoms with Crippen molar-refractivity contribution in [3.63, 3.8) is 0 Å². The summed E-state index contributed by atoms with van der Waals surface area (Å²) >= 11 is 0. The van der Waals surface area contributed by atoms with Crippen molar-refractivity contribution < 1.29 is 31.0 Å². The van der Waals surface area contributed by atoms with Crippen LogP contribution in [0.4, 0.5) is 0 Å². The molecule has 1 aliphatic rings. The first kappa shape index (κ1) is 11.3. The van der Waals surface area contributed by atoms with Crippen molar-refractivity contribution in [1.29, 1.82) is 0 Å². The fourth-order valence-electron chi connectivity index (χ4n) is 1.67. The van der Waals surface area contributed by atoms with Gasteiger partial charge in [0.15, 0.2) is 0 Å². The molecule has 3 radical (unpaired) electrons. The monoisotopic (exact) mass is 195 g/mol. The molecule has 0 nitrogen and oxygen atoms in total. The number of fused-ring (bicyclic) bond motifs is 1. The molecule has 0 heterocycles. The maximum Gasteiger partial charge on any atom is 1.00 e. The molecule has 0 saturated heterocycles. The van der Waals surface area contributed by atoms with Crippen LogP contribution in [0.1, 0.15) is 24.0 Å². The van der Waals surface area contributed by atoms with Crippen molar-refractivity contribution in [3.8, 4) is 0 Å². The van der Waals surface area contributed by atoms with Crippen molar-refractivity contribution >= 4 is 16.3 Å². The topological polar surface area (TPSA) is 0 Å². The second kappa shape index (κ2) is 4.60. The maximum absolute atomic E-state index is 3.57. The molecular formula is C11H12NaSi. The molecule has 2 heteroatoms. The number of benzene rings is 1. The number of aryl methyl sites for hydroxylation is 1. The van der Waals surface area contributed by atoms with E-state index < -0.39 is 0 Å². The van der Waals surface area contributed by atoms with Crippen LogP contribution >= 0.6 is 0 Å². The molecule has 1 unspecified atom stereocenters. The summed E-state index contributed by atoms with van der Waals surface area (Å²) in [6, 6.07) is 7.66. The van der Waals surface area contributed by atoms with Gasteiger partial charge in [0.1, 0.15) is 0 Å². The molecule has 1 aromatic rings. The first-order chi connectivity index (χ1) is 5.81. The third kappa shape index (κ3) is 2.16. The molecular weight excluding hydrogens is 183 g/mol. The quantitative estimate of drug-likeness (QED) is 0.545. The minimum absolute atomic E-state index is 0. The maximum atomic E-state index is 3.57. The van der Waals surface area contributed by atoms with Gasteiger partial charge in [0.05, 0.1) is 0 Å². The van der Waals surface area contributed by atoms with E-state index in [-0.39, 0.29) is 31.0 Å². The summed E-state index contributed by atoms with van der Waals surface area (Å²) in [6.07, 6.45) is 4.47. The Morgan fingerprint density at radius 1 is 1.46 bits per heavy atom. The second-order valence-corrected chi connectivity index (χ2v) is 3.71. The summed E-state index contributed by atoms with van der Waals surface area (Å²) in [4.78, 5) is 0. The third-order valence-corrected chi connectivity index (χ3v) is 2.81. The molecule has 0 N–H and O–H groups in total. The van der Waals surface area contributed by atoms with Crippen LogP contribution in [0.2, 0.25) is 6.04 Å². The molecule has 61 valence electrons. The molecule has 1 aliphatic carbocycles. The molecule has 0 fully saturated rings. The Hall–Kier alpha value is 0.177. The van der Waals surface area contributed by atoms with Gasteiger partial charge < -0.3 is 1.43 Å². The summed E-state index contributed by atoms with van der Waals surface area (Å²) in [5, 5.41) is 0. The molecule has 0 bridgehead atoms. The summed E-state index contributed by atoms with van der Waals surface area (Å²) < 4.78 is 0. The Morgan fingerprint density at radius 2 is 2.23 bits per heavy atom. The minimum Gasteiger partial charge on any atom is -1.00 e. The average molecular weight is 195 g/mol. The predicted octanol–water partition coefficient (Wildman–Crippen LogP) is -0.191. The largest absolute Gasteiger partial charge is 1.00 e. The van der Waals surface area contributed by atoms with E-state index in [1.165, 1.54) is 16.7 Å². The zero-order valence-electron chi connectivity index (χ0n) is 9.17. The fourth-order valence-corrected chi connectivity index (χ4v) is 2.02. The van der Waals surface area contributed by atoms with E-state index >= 15 is 0 Å². The normalized spacial score (nSPS) is 18.2. The molecule has 0 aromatic heterocycles. The van der Waals surface area contributed by atoms with Crippen molar-refractivity contribution in [2.45, 2.75) is 18.9 Å². The summed E-state index contributed by atoms with van der Waals surface area (Å²) in [5.41, 5.74) is 4.19. The van der Waals surface area contributed by atoms with E-state index in [1.54, 1.807) is 0 Å². The van der Waals surface area contributed by atoms with Gasteiger partial charge in [-0.05, 0) is 24.0 Å². The van der Waals surface area contributed by atoms with Crippen LogP contribution in [-0.4, -0.2) is 10.2 Å². The molecule has 0 amide bonds. The molecule has 0 spiro atoms. The summed E-state index contributed by atoms with van der Waals surface area (Å²) in [7, 11) is 3.57. The van der Waals surface area contributed by atoms with Crippen LogP contribution in [0.5, 0.6) is 0 Å². The van der Waals surface area contributed by atoms with Gasteiger partial charge in [-0.25, -0.2) is 0 Å². The smallest absolute Gasteiger partial charge is 1.00 e. The number of hydrogen-bond acceptors (Lipinski definition) is 0. The number of allylic oxidation sites excluding steroid dienone is 1. The van der Waals surface area contributed by atoms with Gasteiger partial charge in [0.25, 0.3) is 0 Å². The van der Waals surface area contributed by atoms with E-state index in [0.717, 1.165) is 6.04 Å². The molecule has 13 heavy (non-hydrogen) atoms. The van der Waals surface area contributed by atoms with E-state index in [4.69, 9.17) is 0 Å². The van der Waals surface area contributed by atoms with Crippen LogP contribution in [0, 0.1) is 6.92 Å². The van der Waals surface area contributed by atoms with Gasteiger partial charge in [-0.3, -0.25) is 0 Å². The molecule has 2 rings (SSSR count). The molecule has 0 aliphatic heterocycles. The van der Waals surface area contributed by atoms with Crippen molar-refractivity contribution in [2.75, 3.05) is 0 Å². The van der Waals surface area contributed by atoms with Crippen LogP contribution in [0.25, 0.3) is 6.08 Å². The van der Waals surface area contributed by atoms with Crippen molar-refractivity contribution in [3.05, 3.63) is 41.0 Å². The van der Waals surface area contributed by atoms with E-state index in [1.807, 2.05) is 0 Å². The van der Waals surface area contributed by atoms with Gasteiger partial charge in [-0.15, -0.1) is 0 Å². The van der Waals surface area contributed by atoms with Gasteiger partial charge in [0.2, 0.25) is 0 Å². The van der Waals surface area contributed by atoms with Gasteiger partial charge in [-0.1, -0.05) is 42.0 Å². The second-order valence-electron chi connectivity index (χ2n) is 3.30. The minimum atomic E-state index is 0. The Labute approximate surface area is 107 Å². The van der Waals surface area contributed by atoms with Gasteiger partial charge in [0, 0.05) is 10.2 Å². The Kier molecular flexibility index (Phi) is 3.99. The van der Waals surface area contributed by atoms with Crippen LogP contribution in [0.3, 0.4) is 0 Å². The average Bonchev–Trinajstić information content (AvgIpc) is 2.46. The predicted molar refractivity (Wildman–Crippen MR) is 54.6 cm³/mol. The van der Waals surface area contributed by atoms with E-state index in [0.29, 0.717) is 5.92 Å². The van der Waals surface area contributed by atoms with Gasteiger partial charge >= 0.3 is 29.6 Å². The molecule has 1 aromatic carbocycles. The SMILES string of the molecule is Cc1ccc2c(c1)C(C[Si])C=C2.[H-].[Na+]. The van der Waals surface area contributed by atoms with Crippen molar-refractivity contribution in [2.24, 2.45) is 0 Å². The fraction of sp³-hybridized carbons (Fsp3) is 0.273. The van der Waals surface area contributed by atoms with E-state index in [9.17, 15) is 0 Å². The van der Waals surface area contributed by atoms with Crippen molar-refractivity contribution in [1.82, 2.24) is 0 Å². The zero-order chi connectivity index (χ0) is 8.55. The molecule has 0 saturated carbocycles. The first-order valence-corrected chi connectivity index (χ1v) is 4.95. The van der Waals surface area contributed by atoms with Crippen LogP contribution in [-0.2, 0) is 0 Å². The zero-order valence-corrected chi connectivity index (χ0v) is 11.2. The van der Waals surface area contributed by atoms with E-state index in [2.05, 4.69) is 47.5 Å². The first-order valence-electron chi connectivity index (χ1n) is 4.24. The van der Waals surface area contributed by atoms with Crippen LogP contribution < -0.4 is 29.6 Å². The standard InChI is InChI=1S/C11H11Si.Na.H/c1-8-2-3-9-4-5-10(7-12)11(9)6-8;;/h2-6,10H,7H2,1H3;;/q;+1;-1. The Morgan fingerprint density at radius 3 is 2.92 bits per heavy atom. The molecule has 1 atom stereocenters. The van der Waals surface area contributed by atoms with Crippen LogP contribution in [0.15, 0.2) is 24.3 Å². The summed E-state index contributed by atoms with van der Waals surface area (Å²) in [6.45, 7) is 2.14. The summed E-state index contributed by atoms with van der Waals surface area (Å²) in [5.74, 6) is 0.580. The van der Waals surface area contributed by atoms with Gasteiger partial charge in [-0.2, -0.15) is 0 Å². The number of hydrogen-bond donors (Lipinski definition) is 0.